The third kappa shape index (κ3) is 5.62. The molecule has 0 radical (unpaired) electrons. The molecule has 0 aliphatic carbocycles. The average molecular weight is 434 g/mol. The van der Waals surface area contributed by atoms with Crippen LogP contribution in [0.25, 0.3) is 0 Å². The van der Waals surface area contributed by atoms with Gasteiger partial charge in [-0.25, -0.2) is 5.43 Å². The topological polar surface area (TPSA) is 83.7 Å². The van der Waals surface area contributed by atoms with Crippen LogP contribution in [0.3, 0.4) is 0 Å². The van der Waals surface area contributed by atoms with E-state index in [0.29, 0.717) is 33.2 Å². The van der Waals surface area contributed by atoms with Crippen molar-refractivity contribution in [3.05, 3.63) is 93.5 Å². The van der Waals surface area contributed by atoms with Gasteiger partial charge in [0.15, 0.2) is 11.5 Å². The number of hydrogen-bond donors (Lipinski definition) is 1. The summed E-state index contributed by atoms with van der Waals surface area (Å²) >= 11 is 6.11. The zero-order chi connectivity index (χ0) is 22.2. The quantitative estimate of drug-likeness (QED) is 0.425. The van der Waals surface area contributed by atoms with E-state index in [0.717, 1.165) is 11.1 Å². The molecule has 0 unspecified atom stereocenters. The summed E-state index contributed by atoms with van der Waals surface area (Å²) in [5.41, 5.74) is 5.84. The first-order chi connectivity index (χ1) is 15.0. The number of halogens is 1. The van der Waals surface area contributed by atoms with Crippen molar-refractivity contribution in [1.29, 1.82) is 5.26 Å². The molecule has 3 aromatic rings. The number of ether oxygens (including phenoxy) is 2. The van der Waals surface area contributed by atoms with E-state index in [1.807, 2.05) is 31.2 Å². The van der Waals surface area contributed by atoms with E-state index in [4.69, 9.17) is 21.1 Å². The summed E-state index contributed by atoms with van der Waals surface area (Å²) in [6.45, 7) is 2.13. The number of nitrogens with zero attached hydrogens (tertiary/aromatic N) is 2. The van der Waals surface area contributed by atoms with E-state index in [9.17, 15) is 10.1 Å². The molecule has 0 aliphatic heterocycles. The average Bonchev–Trinajstić information content (AvgIpc) is 2.78. The minimum absolute atomic E-state index is 0.237. The monoisotopic (exact) mass is 433 g/mol. The highest BCUT2D eigenvalue weighted by Gasteiger charge is 2.10. The predicted molar refractivity (Wildman–Crippen MR) is 120 cm³/mol. The minimum atomic E-state index is -0.399. The van der Waals surface area contributed by atoms with E-state index in [1.54, 1.807) is 36.4 Å². The van der Waals surface area contributed by atoms with Crippen LogP contribution in [0.15, 0.2) is 65.8 Å². The first kappa shape index (κ1) is 21.9. The zero-order valence-corrected chi connectivity index (χ0v) is 17.8. The lowest BCUT2D eigenvalue weighted by Crippen LogP contribution is -2.18. The van der Waals surface area contributed by atoms with Gasteiger partial charge in [-0.05, 0) is 54.4 Å². The molecule has 3 rings (SSSR count). The Hall–Kier alpha value is -3.82. The number of carbonyl (C=O) groups is 1. The van der Waals surface area contributed by atoms with Crippen LogP contribution in [0.4, 0.5) is 0 Å². The number of hydrogen-bond acceptors (Lipinski definition) is 5. The summed E-state index contributed by atoms with van der Waals surface area (Å²) < 4.78 is 11.2. The molecular formula is C24H20ClN3O3. The second kappa shape index (κ2) is 10.3. The van der Waals surface area contributed by atoms with Crippen LogP contribution in [-0.2, 0) is 6.61 Å². The van der Waals surface area contributed by atoms with Crippen LogP contribution in [-0.4, -0.2) is 19.2 Å². The molecule has 0 fully saturated rings. The first-order valence-electron chi connectivity index (χ1n) is 9.40. The number of nitriles is 1. The van der Waals surface area contributed by atoms with Gasteiger partial charge < -0.3 is 9.47 Å². The zero-order valence-electron chi connectivity index (χ0n) is 17.1. The maximum Gasteiger partial charge on any atom is 0.272 e. The molecule has 0 spiro atoms. The molecule has 1 amide bonds. The van der Waals surface area contributed by atoms with Gasteiger partial charge in [-0.3, -0.25) is 4.79 Å². The molecule has 1 N–H and O–H groups in total. The summed E-state index contributed by atoms with van der Waals surface area (Å²) in [6, 6.07) is 19.8. The fraction of sp³-hybridized carbons (Fsp3) is 0.125. The van der Waals surface area contributed by atoms with Crippen LogP contribution in [0.2, 0.25) is 5.02 Å². The largest absolute Gasteiger partial charge is 0.493 e. The molecule has 6 nitrogen and oxygen atoms in total. The van der Waals surface area contributed by atoms with Crippen molar-refractivity contribution >= 4 is 23.7 Å². The number of nitrogens with one attached hydrogen (secondary N) is 1. The van der Waals surface area contributed by atoms with Crippen molar-refractivity contribution in [3.63, 3.8) is 0 Å². The molecule has 0 heterocycles. The van der Waals surface area contributed by atoms with E-state index >= 15 is 0 Å². The Kier molecular flexibility index (Phi) is 7.26. The molecule has 0 bridgehead atoms. The van der Waals surface area contributed by atoms with Crippen LogP contribution < -0.4 is 14.9 Å². The fourth-order valence-corrected chi connectivity index (χ4v) is 3.15. The minimum Gasteiger partial charge on any atom is -0.493 e. The van der Waals surface area contributed by atoms with Crippen LogP contribution >= 0.6 is 11.6 Å². The van der Waals surface area contributed by atoms with Crippen molar-refractivity contribution in [2.45, 2.75) is 13.5 Å². The van der Waals surface area contributed by atoms with Gasteiger partial charge in [0.2, 0.25) is 0 Å². The first-order valence-corrected chi connectivity index (χ1v) is 9.78. The van der Waals surface area contributed by atoms with E-state index in [1.165, 1.54) is 13.3 Å². The SMILES string of the molecule is COc1cc(/C=N\NC(=O)c2ccc(C)cc2Cl)ccc1OCc1ccccc1C#N. The van der Waals surface area contributed by atoms with Gasteiger partial charge in [0.25, 0.3) is 5.91 Å². The van der Waals surface area contributed by atoms with Gasteiger partial charge in [0.05, 0.1) is 35.5 Å². The standard InChI is InChI=1S/C24H20ClN3O3/c1-16-7-9-20(21(25)11-16)24(29)28-27-14-17-8-10-22(23(12-17)30-2)31-15-19-6-4-3-5-18(19)13-26/h3-12,14H,15H2,1-2H3,(H,28,29)/b27-14-. The van der Waals surface area contributed by atoms with Gasteiger partial charge in [0.1, 0.15) is 6.61 Å². The number of rotatable bonds is 7. The Morgan fingerprint density at radius 1 is 1.16 bits per heavy atom. The third-order valence-corrected chi connectivity index (χ3v) is 4.77. The molecule has 0 aliphatic rings. The predicted octanol–water partition coefficient (Wildman–Crippen LogP) is 4.87. The van der Waals surface area contributed by atoms with Crippen molar-refractivity contribution < 1.29 is 14.3 Å². The lowest BCUT2D eigenvalue weighted by atomic mass is 10.1. The molecule has 0 aromatic heterocycles. The Morgan fingerprint density at radius 3 is 2.71 bits per heavy atom. The number of hydrazone groups is 1. The lowest BCUT2D eigenvalue weighted by molar-refractivity contribution is 0.0955. The van der Waals surface area contributed by atoms with Crippen LogP contribution in [0, 0.1) is 18.3 Å². The third-order valence-electron chi connectivity index (χ3n) is 4.46. The second-order valence-corrected chi connectivity index (χ2v) is 7.06. The highest BCUT2D eigenvalue weighted by molar-refractivity contribution is 6.33. The van der Waals surface area contributed by atoms with Crippen molar-refractivity contribution in [3.8, 4) is 17.6 Å². The van der Waals surface area contributed by atoms with Crippen LogP contribution in [0.5, 0.6) is 11.5 Å². The van der Waals surface area contributed by atoms with E-state index in [-0.39, 0.29) is 6.61 Å². The summed E-state index contributed by atoms with van der Waals surface area (Å²) in [5.74, 6) is 0.637. The van der Waals surface area contributed by atoms with Gasteiger partial charge in [-0.2, -0.15) is 10.4 Å². The Labute approximate surface area is 185 Å². The molecule has 7 heteroatoms. The number of carbonyl (C=O) groups excluding carboxylic acids is 1. The molecule has 156 valence electrons. The van der Waals surface area contributed by atoms with Gasteiger partial charge >= 0.3 is 0 Å². The Bertz CT molecular complexity index is 1170. The van der Waals surface area contributed by atoms with Gasteiger partial charge in [-0.1, -0.05) is 35.9 Å². The second-order valence-electron chi connectivity index (χ2n) is 6.65. The van der Waals surface area contributed by atoms with Crippen molar-refractivity contribution in [2.75, 3.05) is 7.11 Å². The van der Waals surface area contributed by atoms with Gasteiger partial charge in [-0.15, -0.1) is 0 Å². The lowest BCUT2D eigenvalue weighted by Gasteiger charge is -2.12. The fourth-order valence-electron chi connectivity index (χ4n) is 2.82. The number of amides is 1. The Morgan fingerprint density at radius 2 is 1.97 bits per heavy atom. The van der Waals surface area contributed by atoms with E-state index < -0.39 is 5.91 Å². The summed E-state index contributed by atoms with van der Waals surface area (Å²) in [5, 5.41) is 13.5. The molecule has 0 saturated carbocycles. The number of aryl methyl sites for hydroxylation is 1. The summed E-state index contributed by atoms with van der Waals surface area (Å²) in [4.78, 5) is 12.2. The Balaban J connectivity index is 1.66. The molecular weight excluding hydrogens is 414 g/mol. The van der Waals surface area contributed by atoms with Crippen molar-refractivity contribution in [1.82, 2.24) is 5.43 Å². The number of methoxy groups -OCH3 is 1. The van der Waals surface area contributed by atoms with Crippen molar-refractivity contribution in [2.24, 2.45) is 5.10 Å². The summed E-state index contributed by atoms with van der Waals surface area (Å²) in [7, 11) is 1.54. The molecule has 3 aromatic carbocycles. The molecule has 0 atom stereocenters. The normalized spacial score (nSPS) is 10.5. The molecule has 0 saturated heterocycles. The maximum atomic E-state index is 12.2. The van der Waals surface area contributed by atoms with E-state index in [2.05, 4.69) is 16.6 Å². The highest BCUT2D eigenvalue weighted by Crippen LogP contribution is 2.28. The highest BCUT2D eigenvalue weighted by atomic mass is 35.5. The van der Waals surface area contributed by atoms with Crippen LogP contribution in [0.1, 0.15) is 32.6 Å². The summed E-state index contributed by atoms with van der Waals surface area (Å²) in [6.07, 6.45) is 1.50. The smallest absolute Gasteiger partial charge is 0.272 e. The number of benzene rings is 3. The molecule has 31 heavy (non-hydrogen) atoms. The maximum absolute atomic E-state index is 12.2. The van der Waals surface area contributed by atoms with Gasteiger partial charge in [0, 0.05) is 5.56 Å².